The number of carbonyl (C=O) groups is 1. The number of carbonyl (C=O) groups excluding carboxylic acids is 1. The topological polar surface area (TPSA) is 41.1 Å². The SMILES string of the molecule is CC[C@H]1NCCCNC1=O. The van der Waals surface area contributed by atoms with E-state index in [2.05, 4.69) is 10.6 Å². The highest BCUT2D eigenvalue weighted by Gasteiger charge is 2.16. The van der Waals surface area contributed by atoms with E-state index < -0.39 is 0 Å². The first kappa shape index (κ1) is 7.54. The highest BCUT2D eigenvalue weighted by Crippen LogP contribution is 1.94. The summed E-state index contributed by atoms with van der Waals surface area (Å²) in [6, 6.07) is 0.0440. The zero-order valence-electron chi connectivity index (χ0n) is 6.31. The van der Waals surface area contributed by atoms with Crippen LogP contribution < -0.4 is 10.6 Å². The molecule has 1 heterocycles. The van der Waals surface area contributed by atoms with Crippen LogP contribution in [0.4, 0.5) is 0 Å². The van der Waals surface area contributed by atoms with Gasteiger partial charge in [-0.25, -0.2) is 0 Å². The van der Waals surface area contributed by atoms with Gasteiger partial charge in [-0.1, -0.05) is 6.92 Å². The van der Waals surface area contributed by atoms with E-state index >= 15 is 0 Å². The summed E-state index contributed by atoms with van der Waals surface area (Å²) in [5.41, 5.74) is 0. The van der Waals surface area contributed by atoms with Gasteiger partial charge in [0.1, 0.15) is 0 Å². The van der Waals surface area contributed by atoms with Crippen molar-refractivity contribution in [2.45, 2.75) is 25.8 Å². The third kappa shape index (κ3) is 1.70. The standard InChI is InChI=1S/C7H14N2O/c1-2-6-7(10)9-5-3-4-8-6/h6,8H,2-5H2,1H3,(H,9,10)/t6-/m1/s1. The Morgan fingerprint density at radius 1 is 1.60 bits per heavy atom. The molecule has 10 heavy (non-hydrogen) atoms. The minimum Gasteiger partial charge on any atom is -0.355 e. The normalized spacial score (nSPS) is 27.3. The molecule has 0 bridgehead atoms. The fourth-order valence-electron chi connectivity index (χ4n) is 1.12. The maximum Gasteiger partial charge on any atom is 0.237 e. The van der Waals surface area contributed by atoms with Gasteiger partial charge in [0.05, 0.1) is 6.04 Å². The van der Waals surface area contributed by atoms with Gasteiger partial charge in [0.2, 0.25) is 5.91 Å². The van der Waals surface area contributed by atoms with Crippen LogP contribution >= 0.6 is 0 Å². The average molecular weight is 142 g/mol. The molecule has 0 radical (unpaired) electrons. The van der Waals surface area contributed by atoms with Crippen molar-refractivity contribution in [1.82, 2.24) is 10.6 Å². The summed E-state index contributed by atoms with van der Waals surface area (Å²) in [7, 11) is 0. The van der Waals surface area contributed by atoms with Gasteiger partial charge in [0.25, 0.3) is 0 Å². The fraction of sp³-hybridized carbons (Fsp3) is 0.857. The summed E-state index contributed by atoms with van der Waals surface area (Å²) in [6.45, 7) is 3.79. The van der Waals surface area contributed by atoms with E-state index in [1.54, 1.807) is 0 Å². The van der Waals surface area contributed by atoms with Gasteiger partial charge in [0, 0.05) is 6.54 Å². The van der Waals surface area contributed by atoms with E-state index in [0.29, 0.717) is 0 Å². The summed E-state index contributed by atoms with van der Waals surface area (Å²) in [5.74, 6) is 0.153. The Kier molecular flexibility index (Phi) is 2.68. The van der Waals surface area contributed by atoms with E-state index in [0.717, 1.165) is 25.9 Å². The zero-order chi connectivity index (χ0) is 7.40. The predicted molar refractivity (Wildman–Crippen MR) is 39.7 cm³/mol. The van der Waals surface area contributed by atoms with Crippen LogP contribution in [0.1, 0.15) is 19.8 Å². The number of hydrogen-bond acceptors (Lipinski definition) is 2. The van der Waals surface area contributed by atoms with Crippen molar-refractivity contribution in [3.8, 4) is 0 Å². The third-order valence-corrected chi connectivity index (χ3v) is 1.77. The van der Waals surface area contributed by atoms with Crippen LogP contribution in [-0.4, -0.2) is 25.0 Å². The van der Waals surface area contributed by atoms with Crippen LogP contribution in [0.5, 0.6) is 0 Å². The van der Waals surface area contributed by atoms with Gasteiger partial charge in [-0.3, -0.25) is 4.79 Å². The molecule has 1 aliphatic rings. The minimum absolute atomic E-state index is 0.0440. The molecule has 58 valence electrons. The number of rotatable bonds is 1. The summed E-state index contributed by atoms with van der Waals surface area (Å²) in [6.07, 6.45) is 1.92. The summed E-state index contributed by atoms with van der Waals surface area (Å²) < 4.78 is 0. The van der Waals surface area contributed by atoms with Gasteiger partial charge in [-0.2, -0.15) is 0 Å². The highest BCUT2D eigenvalue weighted by molar-refractivity contribution is 5.81. The van der Waals surface area contributed by atoms with Crippen molar-refractivity contribution in [2.24, 2.45) is 0 Å². The second-order valence-electron chi connectivity index (χ2n) is 2.56. The Labute approximate surface area is 61.2 Å². The molecule has 3 nitrogen and oxygen atoms in total. The zero-order valence-corrected chi connectivity index (χ0v) is 6.31. The molecule has 0 spiro atoms. The second-order valence-corrected chi connectivity index (χ2v) is 2.56. The first-order valence-corrected chi connectivity index (χ1v) is 3.85. The largest absolute Gasteiger partial charge is 0.355 e. The quantitative estimate of drug-likeness (QED) is 0.535. The highest BCUT2D eigenvalue weighted by atomic mass is 16.2. The summed E-state index contributed by atoms with van der Waals surface area (Å²) in [4.78, 5) is 11.1. The van der Waals surface area contributed by atoms with Crippen molar-refractivity contribution in [3.63, 3.8) is 0 Å². The molecular weight excluding hydrogens is 128 g/mol. The van der Waals surface area contributed by atoms with E-state index in [9.17, 15) is 4.79 Å². The Hall–Kier alpha value is -0.570. The average Bonchev–Trinajstić information content (AvgIpc) is 2.13. The third-order valence-electron chi connectivity index (χ3n) is 1.77. The van der Waals surface area contributed by atoms with Gasteiger partial charge in [-0.15, -0.1) is 0 Å². The van der Waals surface area contributed by atoms with E-state index in [1.807, 2.05) is 6.92 Å². The number of amides is 1. The number of nitrogens with one attached hydrogen (secondary N) is 2. The molecule has 1 aliphatic heterocycles. The molecule has 0 aliphatic carbocycles. The maximum atomic E-state index is 11.1. The molecule has 2 N–H and O–H groups in total. The molecule has 0 unspecified atom stereocenters. The van der Waals surface area contributed by atoms with Crippen LogP contribution in [0.3, 0.4) is 0 Å². The lowest BCUT2D eigenvalue weighted by atomic mass is 10.2. The van der Waals surface area contributed by atoms with Crippen LogP contribution in [0.15, 0.2) is 0 Å². The van der Waals surface area contributed by atoms with Gasteiger partial charge in [-0.05, 0) is 19.4 Å². The smallest absolute Gasteiger partial charge is 0.237 e. The van der Waals surface area contributed by atoms with Crippen molar-refractivity contribution < 1.29 is 4.79 Å². The molecule has 0 aromatic heterocycles. The van der Waals surface area contributed by atoms with Crippen LogP contribution in [0.2, 0.25) is 0 Å². The van der Waals surface area contributed by atoms with Crippen molar-refractivity contribution in [1.29, 1.82) is 0 Å². The molecule has 0 aromatic rings. The molecule has 3 heteroatoms. The molecule has 0 aromatic carbocycles. The van der Waals surface area contributed by atoms with Crippen molar-refractivity contribution >= 4 is 5.91 Å². The lowest BCUT2D eigenvalue weighted by Gasteiger charge is -2.10. The van der Waals surface area contributed by atoms with Crippen LogP contribution in [0.25, 0.3) is 0 Å². The monoisotopic (exact) mass is 142 g/mol. The van der Waals surface area contributed by atoms with Crippen molar-refractivity contribution in [3.05, 3.63) is 0 Å². The molecule has 1 rings (SSSR count). The summed E-state index contributed by atoms with van der Waals surface area (Å²) in [5, 5.41) is 6.01. The molecule has 1 saturated heterocycles. The molecule has 1 atom stereocenters. The molecule has 0 saturated carbocycles. The Bertz CT molecular complexity index is 125. The second kappa shape index (κ2) is 3.56. The van der Waals surface area contributed by atoms with Gasteiger partial charge >= 0.3 is 0 Å². The molecule has 1 amide bonds. The Morgan fingerprint density at radius 3 is 3.10 bits per heavy atom. The Morgan fingerprint density at radius 2 is 2.40 bits per heavy atom. The fourth-order valence-corrected chi connectivity index (χ4v) is 1.12. The first-order chi connectivity index (χ1) is 4.84. The van der Waals surface area contributed by atoms with Gasteiger partial charge < -0.3 is 10.6 Å². The lowest BCUT2D eigenvalue weighted by Crippen LogP contribution is -2.40. The Balaban J connectivity index is 2.43. The molecule has 1 fully saturated rings. The lowest BCUT2D eigenvalue weighted by molar-refractivity contribution is -0.122. The first-order valence-electron chi connectivity index (χ1n) is 3.85. The predicted octanol–water partition coefficient (Wildman–Crippen LogP) is -0.126. The summed E-state index contributed by atoms with van der Waals surface area (Å²) >= 11 is 0. The van der Waals surface area contributed by atoms with Gasteiger partial charge in [0.15, 0.2) is 0 Å². The van der Waals surface area contributed by atoms with Crippen molar-refractivity contribution in [2.75, 3.05) is 13.1 Å². The van der Waals surface area contributed by atoms with E-state index in [4.69, 9.17) is 0 Å². The van der Waals surface area contributed by atoms with Crippen LogP contribution in [-0.2, 0) is 4.79 Å². The van der Waals surface area contributed by atoms with E-state index in [1.165, 1.54) is 0 Å². The number of hydrogen-bond donors (Lipinski definition) is 2. The van der Waals surface area contributed by atoms with E-state index in [-0.39, 0.29) is 11.9 Å². The minimum atomic E-state index is 0.0440. The maximum absolute atomic E-state index is 11.1. The molecular formula is C7H14N2O. The van der Waals surface area contributed by atoms with Crippen LogP contribution in [0, 0.1) is 0 Å².